The van der Waals surface area contributed by atoms with Crippen LogP contribution in [0.2, 0.25) is 5.02 Å². The number of sulfonamides is 1. The summed E-state index contributed by atoms with van der Waals surface area (Å²) in [6.45, 7) is 10.8. The van der Waals surface area contributed by atoms with Crippen molar-refractivity contribution in [3.8, 4) is 0 Å². The maximum absolute atomic E-state index is 14.4. The summed E-state index contributed by atoms with van der Waals surface area (Å²) in [6.07, 6.45) is 6.00. The zero-order valence-corrected chi connectivity index (χ0v) is 31.0. The fourth-order valence-electron chi connectivity index (χ4n) is 6.86. The fraction of sp³-hybridized carbons (Fsp3) is 0.618. The number of fused-ring (bicyclic) bond motifs is 1. The number of pyridine rings is 1. The smallest absolute Gasteiger partial charge is 0.259 e. The number of nitrogens with zero attached hydrogens (tertiary/aromatic N) is 4. The normalized spacial score (nSPS) is 25.2. The van der Waals surface area contributed by atoms with Crippen LogP contribution in [0, 0.1) is 24.2 Å². The molecular formula is C34H45ClN8O7S. The van der Waals surface area contributed by atoms with E-state index >= 15 is 0 Å². The Morgan fingerprint density at radius 1 is 1.16 bits per heavy atom. The molecule has 3 heterocycles. The summed E-state index contributed by atoms with van der Waals surface area (Å²) in [4.78, 5) is 74.3. The maximum atomic E-state index is 14.4. The van der Waals surface area contributed by atoms with E-state index in [-0.39, 0.29) is 41.8 Å². The number of likely N-dealkylation sites (tertiary alicyclic amines) is 1. The Kier molecular flexibility index (Phi) is 9.49. The molecular weight excluding hydrogens is 700 g/mol. The molecule has 0 spiro atoms. The predicted octanol–water partition coefficient (Wildman–Crippen LogP) is 1.63. The van der Waals surface area contributed by atoms with Crippen LogP contribution in [-0.2, 0) is 36.2 Å². The summed E-state index contributed by atoms with van der Waals surface area (Å²) in [5.41, 5.74) is -1.15. The lowest BCUT2D eigenvalue weighted by molar-refractivity contribution is -0.144. The van der Waals surface area contributed by atoms with Gasteiger partial charge in [-0.1, -0.05) is 38.4 Å². The van der Waals surface area contributed by atoms with E-state index in [2.05, 4.69) is 37.3 Å². The van der Waals surface area contributed by atoms with Gasteiger partial charge in [-0.25, -0.2) is 13.4 Å². The number of carbonyl (C=O) groups is 5. The third-order valence-corrected chi connectivity index (χ3v) is 12.5. The van der Waals surface area contributed by atoms with E-state index < -0.39 is 73.9 Å². The lowest BCUT2D eigenvalue weighted by Crippen LogP contribution is -2.60. The molecule has 17 heteroatoms. The van der Waals surface area contributed by atoms with Gasteiger partial charge >= 0.3 is 0 Å². The molecule has 4 aliphatic rings. The van der Waals surface area contributed by atoms with Gasteiger partial charge < -0.3 is 20.9 Å². The molecule has 2 aromatic rings. The Bertz CT molecular complexity index is 1930. The highest BCUT2D eigenvalue weighted by Gasteiger charge is 2.62. The third kappa shape index (κ3) is 7.34. The van der Waals surface area contributed by atoms with Crippen LogP contribution in [0.1, 0.15) is 81.8 Å². The van der Waals surface area contributed by atoms with Crippen molar-refractivity contribution in [3.63, 3.8) is 0 Å². The van der Waals surface area contributed by atoms with E-state index in [1.165, 1.54) is 17.2 Å². The van der Waals surface area contributed by atoms with Crippen LogP contribution >= 0.6 is 11.6 Å². The number of hydrogen-bond acceptors (Lipinski definition) is 9. The topological polar surface area (TPSA) is 202 Å². The molecule has 1 saturated heterocycles. The Morgan fingerprint density at radius 2 is 1.84 bits per heavy atom. The van der Waals surface area contributed by atoms with Crippen LogP contribution in [0.5, 0.6) is 0 Å². The summed E-state index contributed by atoms with van der Waals surface area (Å²) in [7, 11) is -2.20. The van der Waals surface area contributed by atoms with E-state index in [0.29, 0.717) is 36.0 Å². The Hall–Kier alpha value is -4.05. The first-order valence-corrected chi connectivity index (χ1v) is 19.2. The van der Waals surface area contributed by atoms with Crippen molar-refractivity contribution < 1.29 is 32.4 Å². The first-order chi connectivity index (χ1) is 23.9. The molecule has 3 aliphatic carbocycles. The van der Waals surface area contributed by atoms with Crippen LogP contribution in [0.4, 0.5) is 0 Å². The molecule has 0 aromatic carbocycles. The highest BCUT2D eigenvalue weighted by molar-refractivity contribution is 7.91. The van der Waals surface area contributed by atoms with Gasteiger partial charge in [-0.2, -0.15) is 5.10 Å². The van der Waals surface area contributed by atoms with Crippen molar-refractivity contribution in [1.82, 2.24) is 40.3 Å². The number of rotatable bonds is 12. The Morgan fingerprint density at radius 3 is 2.43 bits per heavy atom. The molecule has 2 aromatic heterocycles. The minimum Gasteiger partial charge on any atom is -0.347 e. The molecule has 5 atom stereocenters. The van der Waals surface area contributed by atoms with Gasteiger partial charge in [0.2, 0.25) is 27.7 Å². The number of amides is 5. The molecule has 276 valence electrons. The van der Waals surface area contributed by atoms with Crippen LogP contribution in [0.3, 0.4) is 0 Å². The second kappa shape index (κ2) is 13.2. The molecule has 6 rings (SSSR count). The quantitative estimate of drug-likeness (QED) is 0.233. The summed E-state index contributed by atoms with van der Waals surface area (Å²) < 4.78 is 29.0. The average Bonchev–Trinajstić information content (AvgIpc) is 3.96. The monoisotopic (exact) mass is 744 g/mol. The van der Waals surface area contributed by atoms with Gasteiger partial charge in [0.15, 0.2) is 5.65 Å². The second-order valence-electron chi connectivity index (χ2n) is 15.5. The first kappa shape index (κ1) is 36.7. The summed E-state index contributed by atoms with van der Waals surface area (Å²) >= 11 is 6.67. The number of hydrogen-bond donors (Lipinski definition) is 4. The standard InChI is InChI=1S/C34H45ClN8O7S/c1-7-19-14-34(19,32(48)41-51(49,50)21-10-11-21)39-30(46)23-13-20(37-29(45)22-15-36-28-25(26(22)35)17(2)40-42(28)6)16-43(23)31(47)27(33(3,4)5)38-24(44)12-18-8-9-18/h7,15,18-21,23,27H,1,8-14,16H2,2-6H3,(H,37,45)(H,38,44)(H,39,46)(H,41,48)/t19-,20+,23-,27+,34+/m0/s1. The number of aryl methyl sites for hydroxylation is 2. The van der Waals surface area contributed by atoms with Gasteiger partial charge in [0.1, 0.15) is 17.6 Å². The average molecular weight is 745 g/mol. The highest BCUT2D eigenvalue weighted by Crippen LogP contribution is 2.45. The van der Waals surface area contributed by atoms with Gasteiger partial charge in [-0.15, -0.1) is 6.58 Å². The minimum absolute atomic E-state index is 0.0355. The maximum Gasteiger partial charge on any atom is 0.259 e. The second-order valence-corrected chi connectivity index (χ2v) is 17.8. The molecule has 15 nitrogen and oxygen atoms in total. The number of aromatic nitrogens is 3. The minimum atomic E-state index is -3.91. The molecule has 0 radical (unpaired) electrons. The molecule has 3 saturated carbocycles. The van der Waals surface area contributed by atoms with Crippen molar-refractivity contribution in [2.24, 2.45) is 24.3 Å². The summed E-state index contributed by atoms with van der Waals surface area (Å²) in [5.74, 6) is -3.19. The fourth-order valence-corrected chi connectivity index (χ4v) is 8.58. The molecule has 0 bridgehead atoms. The van der Waals surface area contributed by atoms with Gasteiger partial charge in [-0.3, -0.25) is 33.4 Å². The van der Waals surface area contributed by atoms with E-state index in [4.69, 9.17) is 11.6 Å². The van der Waals surface area contributed by atoms with Crippen molar-refractivity contribution in [3.05, 3.63) is 35.1 Å². The molecule has 5 amide bonds. The molecule has 4 N–H and O–H groups in total. The lowest BCUT2D eigenvalue weighted by Gasteiger charge is -2.35. The number of halogens is 1. The summed E-state index contributed by atoms with van der Waals surface area (Å²) in [6, 6.07) is -2.93. The van der Waals surface area contributed by atoms with Crippen molar-refractivity contribution in [2.75, 3.05) is 6.54 Å². The lowest BCUT2D eigenvalue weighted by atomic mass is 9.85. The highest BCUT2D eigenvalue weighted by atomic mass is 35.5. The number of nitrogens with one attached hydrogen (secondary N) is 4. The van der Waals surface area contributed by atoms with Crippen LogP contribution in [-0.4, -0.2) is 93.1 Å². The Balaban J connectivity index is 1.26. The SMILES string of the molecule is C=C[C@H]1C[C@]1(NC(=O)[C@@H]1C[C@@H](NC(=O)c2cnc3c(c(C)nn3C)c2Cl)CN1C(=O)[C@@H](NC(=O)CC1CC1)C(C)(C)C)C(=O)NS(=O)(=O)C1CC1. The largest absolute Gasteiger partial charge is 0.347 e. The van der Waals surface area contributed by atoms with Crippen LogP contribution in [0.25, 0.3) is 11.0 Å². The van der Waals surface area contributed by atoms with Crippen LogP contribution in [0.15, 0.2) is 18.9 Å². The van der Waals surface area contributed by atoms with E-state index in [9.17, 15) is 32.4 Å². The summed E-state index contributed by atoms with van der Waals surface area (Å²) in [5, 5.41) is 12.9. The van der Waals surface area contributed by atoms with Gasteiger partial charge in [0.25, 0.3) is 11.8 Å². The van der Waals surface area contributed by atoms with E-state index in [0.717, 1.165) is 12.8 Å². The predicted molar refractivity (Wildman–Crippen MR) is 188 cm³/mol. The molecule has 1 aliphatic heterocycles. The van der Waals surface area contributed by atoms with Gasteiger partial charge in [0.05, 0.1) is 26.9 Å². The van der Waals surface area contributed by atoms with E-state index in [1.54, 1.807) is 18.7 Å². The van der Waals surface area contributed by atoms with Crippen molar-refractivity contribution in [2.45, 2.75) is 102 Å². The van der Waals surface area contributed by atoms with Gasteiger partial charge in [-0.05, 0) is 56.8 Å². The number of carbonyl (C=O) groups excluding carboxylic acids is 5. The molecule has 51 heavy (non-hydrogen) atoms. The van der Waals surface area contributed by atoms with E-state index in [1.807, 2.05) is 20.8 Å². The van der Waals surface area contributed by atoms with Gasteiger partial charge in [0, 0.05) is 38.2 Å². The molecule has 4 fully saturated rings. The van der Waals surface area contributed by atoms with Crippen LogP contribution < -0.4 is 20.7 Å². The van der Waals surface area contributed by atoms with Crippen molar-refractivity contribution >= 4 is 62.2 Å². The zero-order chi connectivity index (χ0) is 37.2. The van der Waals surface area contributed by atoms with Crippen molar-refractivity contribution in [1.29, 1.82) is 0 Å². The molecule has 0 unspecified atom stereocenters. The first-order valence-electron chi connectivity index (χ1n) is 17.3. The Labute approximate surface area is 301 Å². The third-order valence-electron chi connectivity index (χ3n) is 10.3. The zero-order valence-electron chi connectivity index (χ0n) is 29.4.